The minimum atomic E-state index is 0.598. The van der Waals surface area contributed by atoms with E-state index in [0.29, 0.717) is 5.92 Å². The fraction of sp³-hybridized carbons (Fsp3) is 0.474. The average molecular weight is 285 g/mol. The summed E-state index contributed by atoms with van der Waals surface area (Å²) in [5, 5.41) is 0. The van der Waals surface area contributed by atoms with Gasteiger partial charge in [-0.25, -0.2) is 0 Å². The van der Waals surface area contributed by atoms with Crippen molar-refractivity contribution < 1.29 is 4.74 Å². The normalized spacial score (nSPS) is 20.7. The molecule has 0 bridgehead atoms. The number of hydrogen-bond donors (Lipinski definition) is 0. The van der Waals surface area contributed by atoms with E-state index in [1.807, 2.05) is 6.07 Å². The summed E-state index contributed by atoms with van der Waals surface area (Å²) in [6.45, 7) is 3.31. The van der Waals surface area contributed by atoms with Crippen molar-refractivity contribution in [1.82, 2.24) is 4.90 Å². The molecule has 0 fully saturated rings. The maximum atomic E-state index is 5.38. The Kier molecular flexibility index (Phi) is 5.63. The standard InChI is InChI=1S/C19H27NO/c1-5-7-15-10-11-17(14-20(2)3)19(12-15)16-8-6-9-18(13-16)21-4/h6-9,12-13,17H,5,10-11,14H2,1-4H3/b15-7+. The molecule has 0 spiro atoms. The van der Waals surface area contributed by atoms with Gasteiger partial charge in [-0.05, 0) is 62.5 Å². The smallest absolute Gasteiger partial charge is 0.119 e. The molecule has 1 unspecified atom stereocenters. The highest BCUT2D eigenvalue weighted by molar-refractivity contribution is 5.72. The number of methoxy groups -OCH3 is 1. The van der Waals surface area contributed by atoms with Crippen molar-refractivity contribution in [3.63, 3.8) is 0 Å². The Morgan fingerprint density at radius 3 is 2.81 bits per heavy atom. The average Bonchev–Trinajstić information content (AvgIpc) is 2.48. The molecule has 0 amide bonds. The highest BCUT2D eigenvalue weighted by Crippen LogP contribution is 2.36. The molecule has 0 heterocycles. The molecule has 2 rings (SSSR count). The van der Waals surface area contributed by atoms with Crippen LogP contribution in [0.25, 0.3) is 5.57 Å². The fourth-order valence-corrected chi connectivity index (χ4v) is 3.06. The molecule has 0 radical (unpaired) electrons. The third-order valence-electron chi connectivity index (χ3n) is 4.02. The van der Waals surface area contributed by atoms with Crippen molar-refractivity contribution in [1.29, 1.82) is 0 Å². The highest BCUT2D eigenvalue weighted by Gasteiger charge is 2.21. The van der Waals surface area contributed by atoms with Crippen LogP contribution in [0.4, 0.5) is 0 Å². The molecule has 1 aromatic rings. The van der Waals surface area contributed by atoms with Gasteiger partial charge in [0.2, 0.25) is 0 Å². The van der Waals surface area contributed by atoms with E-state index in [-0.39, 0.29) is 0 Å². The molecule has 0 aromatic heterocycles. The molecule has 21 heavy (non-hydrogen) atoms. The van der Waals surface area contributed by atoms with Crippen molar-refractivity contribution in [2.75, 3.05) is 27.7 Å². The Hall–Kier alpha value is -1.54. The predicted molar refractivity (Wildman–Crippen MR) is 90.6 cm³/mol. The molecule has 0 N–H and O–H groups in total. The number of allylic oxidation sites excluding steroid dienone is 3. The van der Waals surface area contributed by atoms with Gasteiger partial charge < -0.3 is 9.64 Å². The van der Waals surface area contributed by atoms with Crippen molar-refractivity contribution >= 4 is 5.57 Å². The van der Waals surface area contributed by atoms with E-state index in [0.717, 1.165) is 18.7 Å². The molecule has 0 saturated heterocycles. The van der Waals surface area contributed by atoms with Crippen LogP contribution in [-0.4, -0.2) is 32.6 Å². The summed E-state index contributed by atoms with van der Waals surface area (Å²) in [6, 6.07) is 8.45. The Morgan fingerprint density at radius 2 is 2.14 bits per heavy atom. The summed E-state index contributed by atoms with van der Waals surface area (Å²) >= 11 is 0. The van der Waals surface area contributed by atoms with Crippen molar-refractivity contribution in [2.45, 2.75) is 26.2 Å². The largest absolute Gasteiger partial charge is 0.497 e. The summed E-state index contributed by atoms with van der Waals surface area (Å²) < 4.78 is 5.38. The monoisotopic (exact) mass is 285 g/mol. The lowest BCUT2D eigenvalue weighted by molar-refractivity contribution is 0.352. The van der Waals surface area contributed by atoms with Gasteiger partial charge in [0.15, 0.2) is 0 Å². The van der Waals surface area contributed by atoms with Crippen LogP contribution in [0.15, 0.2) is 42.0 Å². The van der Waals surface area contributed by atoms with E-state index < -0.39 is 0 Å². The van der Waals surface area contributed by atoms with E-state index in [9.17, 15) is 0 Å². The van der Waals surface area contributed by atoms with E-state index in [4.69, 9.17) is 4.74 Å². The molecule has 1 atom stereocenters. The lowest BCUT2D eigenvalue weighted by Crippen LogP contribution is -2.24. The van der Waals surface area contributed by atoms with Gasteiger partial charge in [0, 0.05) is 6.54 Å². The van der Waals surface area contributed by atoms with Crippen molar-refractivity contribution in [3.05, 3.63) is 47.6 Å². The first kappa shape index (κ1) is 15.8. The third kappa shape index (κ3) is 4.21. The molecule has 114 valence electrons. The third-order valence-corrected chi connectivity index (χ3v) is 4.02. The van der Waals surface area contributed by atoms with Crippen molar-refractivity contribution in [2.24, 2.45) is 5.92 Å². The van der Waals surface area contributed by atoms with Gasteiger partial charge in [-0.2, -0.15) is 0 Å². The Labute approximate surface area is 129 Å². The number of ether oxygens (including phenoxy) is 1. The Balaban J connectivity index is 2.37. The fourth-order valence-electron chi connectivity index (χ4n) is 3.06. The van der Waals surface area contributed by atoms with Crippen LogP contribution in [0.3, 0.4) is 0 Å². The summed E-state index contributed by atoms with van der Waals surface area (Å²) in [5.41, 5.74) is 4.22. The minimum absolute atomic E-state index is 0.598. The highest BCUT2D eigenvalue weighted by atomic mass is 16.5. The second-order valence-corrected chi connectivity index (χ2v) is 6.02. The van der Waals surface area contributed by atoms with Crippen LogP contribution >= 0.6 is 0 Å². The number of rotatable bonds is 5. The molecule has 1 aliphatic rings. The lowest BCUT2D eigenvalue weighted by Gasteiger charge is -2.28. The minimum Gasteiger partial charge on any atom is -0.497 e. The Morgan fingerprint density at radius 1 is 1.33 bits per heavy atom. The zero-order chi connectivity index (χ0) is 15.2. The van der Waals surface area contributed by atoms with Gasteiger partial charge in [0.25, 0.3) is 0 Å². The van der Waals surface area contributed by atoms with E-state index in [2.05, 4.69) is 56.3 Å². The maximum Gasteiger partial charge on any atom is 0.119 e. The molecule has 2 heteroatoms. The second kappa shape index (κ2) is 7.46. The zero-order valence-electron chi connectivity index (χ0n) is 13.7. The van der Waals surface area contributed by atoms with Crippen LogP contribution in [0.2, 0.25) is 0 Å². The van der Waals surface area contributed by atoms with E-state index in [1.165, 1.54) is 29.6 Å². The van der Waals surface area contributed by atoms with Crippen LogP contribution < -0.4 is 4.74 Å². The maximum absolute atomic E-state index is 5.38. The first-order chi connectivity index (χ1) is 10.1. The summed E-state index contributed by atoms with van der Waals surface area (Å²) in [6.07, 6.45) is 8.28. The summed E-state index contributed by atoms with van der Waals surface area (Å²) in [5.74, 6) is 1.53. The van der Waals surface area contributed by atoms with Gasteiger partial charge in [0.05, 0.1) is 7.11 Å². The molecule has 1 aliphatic carbocycles. The SMILES string of the molecule is CC/C=C1/C=C(c2cccc(OC)c2)C(CN(C)C)CC1. The first-order valence-electron chi connectivity index (χ1n) is 7.83. The number of hydrogen-bond acceptors (Lipinski definition) is 2. The zero-order valence-corrected chi connectivity index (χ0v) is 13.7. The number of nitrogens with zero attached hydrogens (tertiary/aromatic N) is 1. The quantitative estimate of drug-likeness (QED) is 0.795. The molecular formula is C19H27NO. The molecule has 2 nitrogen and oxygen atoms in total. The van der Waals surface area contributed by atoms with Crippen molar-refractivity contribution in [3.8, 4) is 5.75 Å². The number of benzene rings is 1. The Bertz CT molecular complexity index is 528. The van der Waals surface area contributed by atoms with Gasteiger partial charge in [0.1, 0.15) is 5.75 Å². The molecule has 0 saturated carbocycles. The van der Waals surface area contributed by atoms with Gasteiger partial charge in [-0.1, -0.05) is 36.8 Å². The van der Waals surface area contributed by atoms with Gasteiger partial charge in [-0.3, -0.25) is 0 Å². The molecule has 0 aliphatic heterocycles. The van der Waals surface area contributed by atoms with Gasteiger partial charge in [-0.15, -0.1) is 0 Å². The topological polar surface area (TPSA) is 12.5 Å². The summed E-state index contributed by atoms with van der Waals surface area (Å²) in [4.78, 5) is 2.28. The van der Waals surface area contributed by atoms with Crippen LogP contribution in [0.5, 0.6) is 5.75 Å². The van der Waals surface area contributed by atoms with Crippen LogP contribution in [0.1, 0.15) is 31.7 Å². The molecular weight excluding hydrogens is 258 g/mol. The predicted octanol–water partition coefficient (Wildman–Crippen LogP) is 4.39. The van der Waals surface area contributed by atoms with E-state index >= 15 is 0 Å². The second-order valence-electron chi connectivity index (χ2n) is 6.02. The van der Waals surface area contributed by atoms with E-state index in [1.54, 1.807) is 7.11 Å². The van der Waals surface area contributed by atoms with Crippen LogP contribution in [0, 0.1) is 5.92 Å². The van der Waals surface area contributed by atoms with Gasteiger partial charge >= 0.3 is 0 Å². The van der Waals surface area contributed by atoms with Crippen LogP contribution in [-0.2, 0) is 0 Å². The molecule has 1 aromatic carbocycles. The lowest BCUT2D eigenvalue weighted by atomic mass is 9.81. The summed E-state index contributed by atoms with van der Waals surface area (Å²) in [7, 11) is 6.04. The first-order valence-corrected chi connectivity index (χ1v) is 7.83.